The number of aromatic carboxylic acids is 1. The lowest BCUT2D eigenvalue weighted by atomic mass is 10.4. The van der Waals surface area contributed by atoms with Crippen LogP contribution < -0.4 is 0 Å². The molecule has 1 heterocycles. The molecule has 0 bridgehead atoms. The molecule has 0 spiro atoms. The van der Waals surface area contributed by atoms with E-state index in [2.05, 4.69) is 4.74 Å². The largest absolute Gasteiger partial charge is 0.475 e. The summed E-state index contributed by atoms with van der Waals surface area (Å²) < 4.78 is 9.44. The quantitative estimate of drug-likeness (QED) is 0.770. The number of rotatable bonds is 5. The lowest BCUT2D eigenvalue weighted by molar-refractivity contribution is -0.137. The average Bonchev–Trinajstić information content (AvgIpc) is 2.66. The molecule has 0 atom stereocenters. The Morgan fingerprint density at radius 1 is 1.53 bits per heavy atom. The van der Waals surface area contributed by atoms with E-state index in [1.807, 2.05) is 0 Å². The molecule has 0 fully saturated rings. The highest BCUT2D eigenvalue weighted by atomic mass is 32.2. The van der Waals surface area contributed by atoms with Gasteiger partial charge < -0.3 is 14.3 Å². The Morgan fingerprint density at radius 3 is 2.80 bits per heavy atom. The molecular formula is C9H10O5S. The summed E-state index contributed by atoms with van der Waals surface area (Å²) in [7, 11) is 1.32. The molecule has 0 unspecified atom stereocenters. The van der Waals surface area contributed by atoms with Crippen molar-refractivity contribution < 1.29 is 23.8 Å². The van der Waals surface area contributed by atoms with E-state index in [9.17, 15) is 9.59 Å². The summed E-state index contributed by atoms with van der Waals surface area (Å²) in [6, 6.07) is 2.96. The summed E-state index contributed by atoms with van der Waals surface area (Å²) in [5.74, 6) is -0.309. The summed E-state index contributed by atoms with van der Waals surface area (Å²) in [6.07, 6.45) is 0. The minimum Gasteiger partial charge on any atom is -0.475 e. The number of carbonyl (C=O) groups is 2. The maximum absolute atomic E-state index is 10.7. The maximum Gasteiger partial charge on any atom is 0.371 e. The Kier molecular flexibility index (Phi) is 4.23. The summed E-state index contributed by atoms with van der Waals surface area (Å²) in [6.45, 7) is 0. The molecule has 5 nitrogen and oxygen atoms in total. The van der Waals surface area contributed by atoms with Gasteiger partial charge in [0.15, 0.2) is 0 Å². The SMILES string of the molecule is COC(=O)CSCc1ccc(C(=O)O)o1. The molecule has 6 heteroatoms. The minimum absolute atomic E-state index is 0.0938. The van der Waals surface area contributed by atoms with Crippen LogP contribution in [-0.4, -0.2) is 29.9 Å². The molecule has 1 N–H and O–H groups in total. The summed E-state index contributed by atoms with van der Waals surface area (Å²) in [4.78, 5) is 21.2. The first-order chi connectivity index (χ1) is 7.13. The zero-order valence-corrected chi connectivity index (χ0v) is 8.87. The molecule has 82 valence electrons. The number of hydrogen-bond donors (Lipinski definition) is 1. The molecule has 0 aromatic carbocycles. The highest BCUT2D eigenvalue weighted by Gasteiger charge is 2.09. The van der Waals surface area contributed by atoms with Gasteiger partial charge in [0.25, 0.3) is 0 Å². The van der Waals surface area contributed by atoms with Crippen LogP contribution in [0.25, 0.3) is 0 Å². The Morgan fingerprint density at radius 2 is 2.27 bits per heavy atom. The molecule has 0 radical (unpaired) electrons. The van der Waals surface area contributed by atoms with Crippen molar-refractivity contribution in [1.29, 1.82) is 0 Å². The summed E-state index contributed by atoms with van der Waals surface area (Å²) >= 11 is 1.30. The molecule has 1 rings (SSSR count). The smallest absolute Gasteiger partial charge is 0.371 e. The molecule has 0 saturated heterocycles. The van der Waals surface area contributed by atoms with Gasteiger partial charge in [-0.05, 0) is 12.1 Å². The number of methoxy groups -OCH3 is 1. The van der Waals surface area contributed by atoms with E-state index in [1.165, 1.54) is 24.9 Å². The van der Waals surface area contributed by atoms with Crippen LogP contribution in [0.4, 0.5) is 0 Å². The zero-order chi connectivity index (χ0) is 11.3. The molecular weight excluding hydrogens is 220 g/mol. The van der Waals surface area contributed by atoms with E-state index in [1.54, 1.807) is 6.07 Å². The third-order valence-corrected chi connectivity index (χ3v) is 2.49. The summed E-state index contributed by atoms with van der Waals surface area (Å²) in [5.41, 5.74) is 0. The first kappa shape index (κ1) is 11.6. The van der Waals surface area contributed by atoms with Crippen molar-refractivity contribution in [2.45, 2.75) is 5.75 Å². The van der Waals surface area contributed by atoms with E-state index in [-0.39, 0.29) is 17.5 Å². The third-order valence-electron chi connectivity index (χ3n) is 1.56. The first-order valence-corrected chi connectivity index (χ1v) is 5.25. The molecule has 0 aliphatic heterocycles. The van der Waals surface area contributed by atoms with Crippen molar-refractivity contribution in [2.24, 2.45) is 0 Å². The molecule has 1 aromatic rings. The van der Waals surface area contributed by atoms with Gasteiger partial charge in [-0.2, -0.15) is 0 Å². The Hall–Kier alpha value is -1.43. The number of carbonyl (C=O) groups excluding carboxylic acids is 1. The normalized spacial score (nSPS) is 9.93. The van der Waals surface area contributed by atoms with Gasteiger partial charge in [-0.25, -0.2) is 4.79 Å². The number of esters is 1. The summed E-state index contributed by atoms with van der Waals surface area (Å²) in [5, 5.41) is 8.58. The Balaban J connectivity index is 2.38. The predicted octanol–water partition coefficient (Wildman–Crippen LogP) is 1.38. The highest BCUT2D eigenvalue weighted by Crippen LogP contribution is 2.15. The van der Waals surface area contributed by atoms with E-state index < -0.39 is 5.97 Å². The van der Waals surface area contributed by atoms with Crippen LogP contribution in [0.15, 0.2) is 16.5 Å². The van der Waals surface area contributed by atoms with Crippen LogP contribution in [0, 0.1) is 0 Å². The molecule has 1 aromatic heterocycles. The second-order valence-corrected chi connectivity index (χ2v) is 3.63. The van der Waals surface area contributed by atoms with Crippen LogP contribution in [0.5, 0.6) is 0 Å². The van der Waals surface area contributed by atoms with Crippen LogP contribution in [0.2, 0.25) is 0 Å². The minimum atomic E-state index is -1.10. The molecule has 0 saturated carbocycles. The Bertz CT molecular complexity index is 357. The Labute approximate surface area is 90.4 Å². The number of furan rings is 1. The second kappa shape index (κ2) is 5.45. The second-order valence-electron chi connectivity index (χ2n) is 2.64. The zero-order valence-electron chi connectivity index (χ0n) is 8.06. The van der Waals surface area contributed by atoms with Gasteiger partial charge in [-0.3, -0.25) is 4.79 Å². The predicted molar refractivity (Wildman–Crippen MR) is 53.8 cm³/mol. The standard InChI is InChI=1S/C9H10O5S/c1-13-8(10)5-15-4-6-2-3-7(14-6)9(11)12/h2-3H,4-5H2,1H3,(H,11,12). The van der Waals surface area contributed by atoms with Crippen molar-refractivity contribution in [3.63, 3.8) is 0 Å². The molecule has 15 heavy (non-hydrogen) atoms. The fourth-order valence-electron chi connectivity index (χ4n) is 0.864. The van der Waals surface area contributed by atoms with E-state index in [0.717, 1.165) is 0 Å². The van der Waals surface area contributed by atoms with Gasteiger partial charge in [0.1, 0.15) is 5.76 Å². The van der Waals surface area contributed by atoms with E-state index in [0.29, 0.717) is 11.5 Å². The van der Waals surface area contributed by atoms with Crippen molar-refractivity contribution >= 4 is 23.7 Å². The fraction of sp³-hybridized carbons (Fsp3) is 0.333. The molecule has 0 amide bonds. The van der Waals surface area contributed by atoms with Crippen LogP contribution in [0.1, 0.15) is 16.3 Å². The topological polar surface area (TPSA) is 76.7 Å². The maximum atomic E-state index is 10.7. The number of hydrogen-bond acceptors (Lipinski definition) is 5. The van der Waals surface area contributed by atoms with Gasteiger partial charge in [0, 0.05) is 0 Å². The number of carboxylic acid groups (broad SMARTS) is 1. The van der Waals surface area contributed by atoms with Gasteiger partial charge >= 0.3 is 11.9 Å². The van der Waals surface area contributed by atoms with Crippen molar-refractivity contribution in [2.75, 3.05) is 12.9 Å². The fourth-order valence-corrected chi connectivity index (χ4v) is 1.61. The third kappa shape index (κ3) is 3.67. The first-order valence-electron chi connectivity index (χ1n) is 4.10. The van der Waals surface area contributed by atoms with Gasteiger partial charge in [-0.15, -0.1) is 11.8 Å². The molecule has 0 aliphatic rings. The van der Waals surface area contributed by atoms with Crippen molar-refractivity contribution in [3.05, 3.63) is 23.7 Å². The average molecular weight is 230 g/mol. The van der Waals surface area contributed by atoms with Crippen molar-refractivity contribution in [3.8, 4) is 0 Å². The van der Waals surface area contributed by atoms with Crippen LogP contribution in [-0.2, 0) is 15.3 Å². The van der Waals surface area contributed by atoms with E-state index in [4.69, 9.17) is 9.52 Å². The monoisotopic (exact) mass is 230 g/mol. The lowest BCUT2D eigenvalue weighted by Gasteiger charge is -1.97. The van der Waals surface area contributed by atoms with E-state index >= 15 is 0 Å². The number of thioether (sulfide) groups is 1. The van der Waals surface area contributed by atoms with Gasteiger partial charge in [-0.1, -0.05) is 0 Å². The number of carboxylic acids is 1. The van der Waals surface area contributed by atoms with Gasteiger partial charge in [0.2, 0.25) is 5.76 Å². The van der Waals surface area contributed by atoms with Crippen molar-refractivity contribution in [1.82, 2.24) is 0 Å². The van der Waals surface area contributed by atoms with Crippen LogP contribution in [0.3, 0.4) is 0 Å². The number of ether oxygens (including phenoxy) is 1. The molecule has 0 aliphatic carbocycles. The van der Waals surface area contributed by atoms with Crippen LogP contribution >= 0.6 is 11.8 Å². The lowest BCUT2D eigenvalue weighted by Crippen LogP contribution is -2.03. The highest BCUT2D eigenvalue weighted by molar-refractivity contribution is 7.99. The van der Waals surface area contributed by atoms with Gasteiger partial charge in [0.05, 0.1) is 18.6 Å².